The quantitative estimate of drug-likeness (QED) is 0.204. The van der Waals surface area contributed by atoms with Crippen molar-refractivity contribution in [2.45, 2.75) is 19.0 Å². The Morgan fingerprint density at radius 3 is 2.66 bits per heavy atom. The van der Waals surface area contributed by atoms with E-state index in [9.17, 15) is 14.0 Å². The van der Waals surface area contributed by atoms with Crippen LogP contribution in [0.3, 0.4) is 0 Å². The van der Waals surface area contributed by atoms with Gasteiger partial charge >= 0.3 is 6.55 Å². The van der Waals surface area contributed by atoms with Gasteiger partial charge in [-0.25, -0.2) is 4.39 Å². The smallest absolute Gasteiger partial charge is 0.335 e. The first-order valence-corrected chi connectivity index (χ1v) is 11.4. The topological polar surface area (TPSA) is 128 Å². The number of rotatable bonds is 9. The van der Waals surface area contributed by atoms with Gasteiger partial charge in [-0.1, -0.05) is 16.8 Å². The van der Waals surface area contributed by atoms with Crippen molar-refractivity contribution in [3.63, 3.8) is 0 Å². The standard InChI is InChI=1S/C22H18ClF3N10O2/c1-38-7-6-16(33-10-14(8-29-33)19-9-27-31-36(19)22(25)26)17-4-2-13(11-35(17)37)20-18(34-12-28-30-32-34)5-3-15(23)21(20)24/h2-5,8-12,16,22H,6-7H2,1H3/t16-/m1/s1. The van der Waals surface area contributed by atoms with E-state index in [2.05, 4.69) is 30.9 Å². The molecule has 0 aliphatic rings. The number of ether oxygens (including phenoxy) is 1. The third-order valence-electron chi connectivity index (χ3n) is 5.81. The third kappa shape index (κ3) is 4.68. The molecular formula is C22H18ClF3N10O2. The van der Waals surface area contributed by atoms with Crippen LogP contribution in [0.1, 0.15) is 24.7 Å². The van der Waals surface area contributed by atoms with E-state index in [1.165, 1.54) is 65.8 Å². The lowest BCUT2D eigenvalue weighted by Gasteiger charge is -2.18. The second-order valence-electron chi connectivity index (χ2n) is 8.03. The molecule has 196 valence electrons. The second-order valence-corrected chi connectivity index (χ2v) is 8.43. The molecule has 0 aliphatic heterocycles. The number of hydrogen-bond acceptors (Lipinski definition) is 8. The molecule has 38 heavy (non-hydrogen) atoms. The van der Waals surface area contributed by atoms with Crippen LogP contribution < -0.4 is 4.73 Å². The molecule has 0 fully saturated rings. The zero-order valence-electron chi connectivity index (χ0n) is 19.6. The first-order valence-electron chi connectivity index (χ1n) is 11.1. The molecule has 5 rings (SSSR count). The van der Waals surface area contributed by atoms with E-state index in [4.69, 9.17) is 16.3 Å². The van der Waals surface area contributed by atoms with Gasteiger partial charge in [-0.3, -0.25) is 4.68 Å². The number of methoxy groups -OCH3 is 1. The van der Waals surface area contributed by atoms with E-state index in [1.807, 2.05) is 0 Å². The lowest BCUT2D eigenvalue weighted by atomic mass is 10.0. The minimum Gasteiger partial charge on any atom is -0.618 e. The highest BCUT2D eigenvalue weighted by atomic mass is 35.5. The van der Waals surface area contributed by atoms with Crippen molar-refractivity contribution < 1.29 is 22.6 Å². The fourth-order valence-electron chi connectivity index (χ4n) is 4.06. The summed E-state index contributed by atoms with van der Waals surface area (Å²) >= 11 is 6.03. The Balaban J connectivity index is 1.55. The fraction of sp³-hybridized carbons (Fsp3) is 0.227. The summed E-state index contributed by atoms with van der Waals surface area (Å²) in [5, 5.41) is 35.3. The highest BCUT2D eigenvalue weighted by molar-refractivity contribution is 6.31. The van der Waals surface area contributed by atoms with E-state index in [-0.39, 0.29) is 39.8 Å². The Kier molecular flexibility index (Phi) is 7.02. The van der Waals surface area contributed by atoms with Crippen molar-refractivity contribution in [3.05, 3.63) is 77.1 Å². The van der Waals surface area contributed by atoms with Crippen LogP contribution in [0.2, 0.25) is 5.02 Å². The number of pyridine rings is 1. The number of alkyl halides is 2. The summed E-state index contributed by atoms with van der Waals surface area (Å²) < 4.78 is 50.7. The van der Waals surface area contributed by atoms with Gasteiger partial charge in [0.2, 0.25) is 5.69 Å². The molecule has 0 radical (unpaired) electrons. The molecule has 0 aliphatic carbocycles. The molecule has 1 atom stereocenters. The van der Waals surface area contributed by atoms with Crippen LogP contribution in [0.15, 0.2) is 55.4 Å². The molecule has 4 aromatic heterocycles. The third-order valence-corrected chi connectivity index (χ3v) is 6.11. The Labute approximate surface area is 217 Å². The van der Waals surface area contributed by atoms with Crippen molar-refractivity contribution in [2.75, 3.05) is 13.7 Å². The van der Waals surface area contributed by atoms with E-state index in [0.29, 0.717) is 21.4 Å². The van der Waals surface area contributed by atoms with Crippen molar-refractivity contribution in [2.24, 2.45) is 0 Å². The first kappa shape index (κ1) is 25.3. The maximum absolute atomic E-state index is 15.2. The minimum absolute atomic E-state index is 0.0310. The molecule has 12 nitrogen and oxygen atoms in total. The summed E-state index contributed by atoms with van der Waals surface area (Å²) in [6, 6.07) is 5.34. The van der Waals surface area contributed by atoms with Crippen LogP contribution in [0.5, 0.6) is 0 Å². The van der Waals surface area contributed by atoms with Crippen molar-refractivity contribution in [1.29, 1.82) is 0 Å². The van der Waals surface area contributed by atoms with Crippen LogP contribution in [-0.4, -0.2) is 58.7 Å². The number of benzene rings is 1. The van der Waals surface area contributed by atoms with Crippen molar-refractivity contribution in [3.8, 4) is 28.1 Å². The molecule has 0 N–H and O–H groups in total. The SMILES string of the molecule is COCC[C@H](c1ccc(-c2c(-n3cnnn3)ccc(Cl)c2F)c[n+]1[O-])n1cc(-c2cnnn2C(F)F)cn1. The van der Waals surface area contributed by atoms with E-state index >= 15 is 4.39 Å². The van der Waals surface area contributed by atoms with E-state index < -0.39 is 18.4 Å². The highest BCUT2D eigenvalue weighted by Gasteiger charge is 2.26. The molecule has 0 unspecified atom stereocenters. The molecule has 0 bridgehead atoms. The summed E-state index contributed by atoms with van der Waals surface area (Å²) in [5.74, 6) is -0.746. The van der Waals surface area contributed by atoms with Gasteiger partial charge in [-0.2, -0.15) is 28.0 Å². The Hall–Kier alpha value is -4.37. The van der Waals surface area contributed by atoms with E-state index in [0.717, 1.165) is 0 Å². The van der Waals surface area contributed by atoms with Crippen molar-refractivity contribution >= 4 is 11.6 Å². The summed E-state index contributed by atoms with van der Waals surface area (Å²) in [5.41, 5.74) is 1.19. The number of halogens is 4. The lowest BCUT2D eigenvalue weighted by molar-refractivity contribution is -0.615. The Bertz CT molecular complexity index is 1560. The number of aromatic nitrogens is 10. The maximum Gasteiger partial charge on any atom is 0.335 e. The van der Waals surface area contributed by atoms with Crippen LogP contribution in [0.25, 0.3) is 28.1 Å². The van der Waals surface area contributed by atoms with Gasteiger partial charge < -0.3 is 9.94 Å². The van der Waals surface area contributed by atoms with Crippen molar-refractivity contribution in [1.82, 2.24) is 45.0 Å². The van der Waals surface area contributed by atoms with Crippen LogP contribution in [0, 0.1) is 11.0 Å². The average molecular weight is 547 g/mol. The highest BCUT2D eigenvalue weighted by Crippen LogP contribution is 2.33. The zero-order chi connectivity index (χ0) is 26.8. The average Bonchev–Trinajstić information content (AvgIpc) is 3.68. The molecular weight excluding hydrogens is 529 g/mol. The predicted octanol–water partition coefficient (Wildman–Crippen LogP) is 3.23. The molecule has 0 saturated carbocycles. The maximum atomic E-state index is 15.2. The van der Waals surface area contributed by atoms with Gasteiger partial charge in [0, 0.05) is 38.0 Å². The normalized spacial score (nSPS) is 12.4. The van der Waals surface area contributed by atoms with Gasteiger partial charge in [0.1, 0.15) is 12.4 Å². The number of tetrazole rings is 1. The van der Waals surface area contributed by atoms with Gasteiger partial charge in [-0.15, -0.1) is 10.2 Å². The molecule has 0 saturated heterocycles. The summed E-state index contributed by atoms with van der Waals surface area (Å²) in [7, 11) is 1.51. The largest absolute Gasteiger partial charge is 0.618 e. The van der Waals surface area contributed by atoms with Gasteiger partial charge in [0.15, 0.2) is 12.0 Å². The number of nitrogens with zero attached hydrogens (tertiary/aromatic N) is 10. The molecule has 16 heteroatoms. The van der Waals surface area contributed by atoms with E-state index in [1.54, 1.807) is 6.07 Å². The molecule has 5 aromatic rings. The van der Waals surface area contributed by atoms with Crippen LogP contribution in [0.4, 0.5) is 13.2 Å². The number of hydrogen-bond donors (Lipinski definition) is 0. The minimum atomic E-state index is -2.89. The summed E-state index contributed by atoms with van der Waals surface area (Å²) in [6.07, 6.45) is 6.91. The monoisotopic (exact) mass is 546 g/mol. The van der Waals surface area contributed by atoms with Gasteiger partial charge in [-0.05, 0) is 28.6 Å². The Morgan fingerprint density at radius 1 is 1.11 bits per heavy atom. The van der Waals surface area contributed by atoms with Gasteiger partial charge in [0.05, 0.1) is 39.9 Å². The predicted molar refractivity (Wildman–Crippen MR) is 126 cm³/mol. The van der Waals surface area contributed by atoms with Crippen LogP contribution in [-0.2, 0) is 4.74 Å². The van der Waals surface area contributed by atoms with Crippen LogP contribution >= 0.6 is 11.6 Å². The zero-order valence-corrected chi connectivity index (χ0v) is 20.3. The summed E-state index contributed by atoms with van der Waals surface area (Å²) in [4.78, 5) is 0. The molecule has 0 spiro atoms. The first-order chi connectivity index (χ1) is 18.4. The molecule has 4 heterocycles. The summed E-state index contributed by atoms with van der Waals surface area (Å²) in [6.45, 7) is -2.62. The van der Waals surface area contributed by atoms with Gasteiger partial charge in [0.25, 0.3) is 0 Å². The second kappa shape index (κ2) is 10.5. The lowest BCUT2D eigenvalue weighted by Crippen LogP contribution is -2.36. The fourth-order valence-corrected chi connectivity index (χ4v) is 4.21. The molecule has 1 aromatic carbocycles. The Morgan fingerprint density at radius 2 is 1.95 bits per heavy atom. The molecule has 0 amide bonds.